The number of anilines is 2. The van der Waals surface area contributed by atoms with Crippen LogP contribution in [0.3, 0.4) is 0 Å². The Kier molecular flexibility index (Phi) is 11.2. The molecule has 2 saturated heterocycles. The molecule has 14 nitrogen and oxygen atoms in total. The van der Waals surface area contributed by atoms with Gasteiger partial charge in [0.05, 0.1) is 33.0 Å². The van der Waals surface area contributed by atoms with Crippen molar-refractivity contribution in [1.82, 2.24) is 19.6 Å². The number of aromatic amines is 1. The van der Waals surface area contributed by atoms with Crippen LogP contribution in [-0.4, -0.2) is 66.4 Å². The van der Waals surface area contributed by atoms with Crippen molar-refractivity contribution in [3.63, 3.8) is 0 Å². The minimum atomic E-state index is -4.71. The van der Waals surface area contributed by atoms with Crippen LogP contribution in [0.15, 0.2) is 102 Å². The molecule has 10 rings (SSSR count). The van der Waals surface area contributed by atoms with Gasteiger partial charge in [0.25, 0.3) is 21.6 Å². The zero-order valence-corrected chi connectivity index (χ0v) is 37.9. The minimum Gasteiger partial charge on any atom is -0.489 e. The molecule has 1 spiro atoms. The van der Waals surface area contributed by atoms with E-state index in [0.29, 0.717) is 23.6 Å². The third kappa shape index (κ3) is 8.21. The van der Waals surface area contributed by atoms with Crippen LogP contribution in [0.1, 0.15) is 103 Å². The molecule has 5 heterocycles. The van der Waals surface area contributed by atoms with Crippen LogP contribution < -0.4 is 24.4 Å². The first-order chi connectivity index (χ1) is 31.7. The molecule has 1 aliphatic carbocycles. The van der Waals surface area contributed by atoms with Gasteiger partial charge in [0.2, 0.25) is 0 Å². The molecule has 2 atom stereocenters. The number of rotatable bonds is 11. The number of likely N-dealkylation sites (tertiary alicyclic amines) is 1. The number of fused-ring (bicyclic) bond motifs is 2. The highest BCUT2D eigenvalue weighted by molar-refractivity contribution is 7.90. The van der Waals surface area contributed by atoms with Crippen LogP contribution in [0.2, 0.25) is 0 Å². The summed E-state index contributed by atoms with van der Waals surface area (Å²) in [5.41, 5.74) is 5.53. The van der Waals surface area contributed by atoms with Crippen molar-refractivity contribution in [3.05, 3.63) is 141 Å². The third-order valence-corrected chi connectivity index (χ3v) is 15.5. The number of hydrogen-bond acceptors (Lipinski definition) is 11. The van der Waals surface area contributed by atoms with Crippen LogP contribution in [-0.2, 0) is 10.0 Å². The summed E-state index contributed by atoms with van der Waals surface area (Å²) >= 11 is 0. The number of H-pyrrole nitrogens is 1. The van der Waals surface area contributed by atoms with E-state index in [2.05, 4.69) is 67.9 Å². The highest BCUT2D eigenvalue weighted by atomic mass is 32.2. The standard InChI is InChI=1S/C50H52FN7O7S/c1-30(2)37-7-4-5-8-38(37)43-9-6-18-57(43)34-25-50(26-34)16-19-56(20-17-50)33-14-15-39(45(21-33)65-35-22-40-41(51)28-53-48(40)52-27-35)49(59)55-66(62,63)36-23-44(58(60)61)47-46(24-36)64-29-42(54-47)32-12-10-31(3)11-13-32/h4-5,7-8,10-15,21-24,27-28,30,34,42-43,54H,6,9,16-20,25-26,29H2,1-3H3,(H,52,53)(H,55,59)/t42-,43-/m1/s1. The highest BCUT2D eigenvalue weighted by Gasteiger charge is 2.50. The maximum atomic E-state index is 14.6. The summed E-state index contributed by atoms with van der Waals surface area (Å²) in [5, 5.41) is 15.7. The van der Waals surface area contributed by atoms with Crippen LogP contribution in [0, 0.1) is 28.3 Å². The summed E-state index contributed by atoms with van der Waals surface area (Å²) in [6.07, 6.45) is 9.31. The number of carbonyl (C=O) groups excluding carboxylic acids is 1. The predicted octanol–water partition coefficient (Wildman–Crippen LogP) is 10.1. The summed E-state index contributed by atoms with van der Waals surface area (Å²) < 4.78 is 56.8. The van der Waals surface area contributed by atoms with E-state index >= 15 is 0 Å². The van der Waals surface area contributed by atoms with Crippen molar-refractivity contribution in [1.29, 1.82) is 0 Å². The highest BCUT2D eigenvalue weighted by Crippen LogP contribution is 2.54. The lowest BCUT2D eigenvalue weighted by molar-refractivity contribution is -0.384. The van der Waals surface area contributed by atoms with Gasteiger partial charge in [-0.2, -0.15) is 0 Å². The number of nitro groups is 1. The largest absolute Gasteiger partial charge is 0.489 e. The first-order valence-corrected chi connectivity index (χ1v) is 24.1. The molecule has 342 valence electrons. The topological polar surface area (TPSA) is 172 Å². The molecular weight excluding hydrogens is 862 g/mol. The Hall–Kier alpha value is -6.52. The zero-order valence-electron chi connectivity index (χ0n) is 37.1. The van der Waals surface area contributed by atoms with E-state index in [0.717, 1.165) is 74.3 Å². The summed E-state index contributed by atoms with van der Waals surface area (Å²) in [7, 11) is -4.71. The number of amides is 1. The normalized spacial score (nSPS) is 19.6. The second-order valence-electron chi connectivity index (χ2n) is 18.6. The Morgan fingerprint density at radius 3 is 2.56 bits per heavy atom. The Bertz CT molecular complexity index is 2960. The van der Waals surface area contributed by atoms with Crippen LogP contribution >= 0.6 is 0 Å². The number of benzene rings is 4. The van der Waals surface area contributed by atoms with E-state index < -0.39 is 43.3 Å². The first-order valence-electron chi connectivity index (χ1n) is 22.6. The monoisotopic (exact) mass is 913 g/mol. The maximum absolute atomic E-state index is 14.6. The fourth-order valence-corrected chi connectivity index (χ4v) is 11.6. The number of nitrogens with zero attached hydrogens (tertiary/aromatic N) is 4. The first kappa shape index (κ1) is 43.4. The van der Waals surface area contributed by atoms with E-state index in [1.165, 1.54) is 48.5 Å². The molecule has 3 N–H and O–H groups in total. The van der Waals surface area contributed by atoms with Gasteiger partial charge in [-0.25, -0.2) is 22.5 Å². The third-order valence-electron chi connectivity index (χ3n) is 14.2. The van der Waals surface area contributed by atoms with Gasteiger partial charge in [-0.05, 0) is 98.2 Å². The Morgan fingerprint density at radius 2 is 1.80 bits per heavy atom. The van der Waals surface area contributed by atoms with Gasteiger partial charge in [0.1, 0.15) is 29.6 Å². The number of sulfonamides is 1. The lowest BCUT2D eigenvalue weighted by Crippen LogP contribution is -2.54. The molecule has 2 aromatic heterocycles. The molecule has 0 bridgehead atoms. The van der Waals surface area contributed by atoms with Gasteiger partial charge >= 0.3 is 0 Å². The predicted molar refractivity (Wildman–Crippen MR) is 249 cm³/mol. The average Bonchev–Trinajstić information content (AvgIpc) is 3.94. The minimum absolute atomic E-state index is 0.0224. The van der Waals surface area contributed by atoms with Crippen molar-refractivity contribution in [2.75, 3.05) is 36.5 Å². The molecular formula is C50H52FN7O7S. The smallest absolute Gasteiger partial charge is 0.297 e. The van der Waals surface area contributed by atoms with Gasteiger partial charge < -0.3 is 24.7 Å². The number of ether oxygens (including phenoxy) is 2. The van der Waals surface area contributed by atoms with Gasteiger partial charge in [0, 0.05) is 55.3 Å². The van der Waals surface area contributed by atoms with Crippen molar-refractivity contribution in [3.8, 4) is 17.2 Å². The lowest BCUT2D eigenvalue weighted by Gasteiger charge is -2.56. The fourth-order valence-electron chi connectivity index (χ4n) is 10.6. The fraction of sp³-hybridized carbons (Fsp3) is 0.360. The quantitative estimate of drug-likeness (QED) is 0.0834. The van der Waals surface area contributed by atoms with Crippen LogP contribution in [0.4, 0.5) is 21.5 Å². The zero-order chi connectivity index (χ0) is 45.9. The van der Waals surface area contributed by atoms with E-state index in [4.69, 9.17) is 9.47 Å². The van der Waals surface area contributed by atoms with Crippen molar-refractivity contribution >= 4 is 44.0 Å². The summed E-state index contributed by atoms with van der Waals surface area (Å²) in [6, 6.07) is 25.6. The number of pyridine rings is 1. The maximum Gasteiger partial charge on any atom is 0.297 e. The van der Waals surface area contributed by atoms with Gasteiger partial charge in [-0.15, -0.1) is 0 Å². The Morgan fingerprint density at radius 1 is 1.03 bits per heavy atom. The van der Waals surface area contributed by atoms with E-state index in [1.807, 2.05) is 31.2 Å². The molecule has 66 heavy (non-hydrogen) atoms. The number of nitrogens with one attached hydrogen (secondary N) is 3. The van der Waals surface area contributed by atoms with Gasteiger partial charge in [0.15, 0.2) is 11.4 Å². The average molecular weight is 914 g/mol. The number of halogens is 1. The van der Waals surface area contributed by atoms with Crippen LogP contribution in [0.5, 0.6) is 17.2 Å². The second-order valence-corrected chi connectivity index (χ2v) is 20.3. The van der Waals surface area contributed by atoms with Crippen molar-refractivity contribution < 1.29 is 32.0 Å². The van der Waals surface area contributed by atoms with E-state index in [-0.39, 0.29) is 45.9 Å². The number of carbonyl (C=O) groups is 1. The van der Waals surface area contributed by atoms with Gasteiger partial charge in [-0.1, -0.05) is 67.9 Å². The molecule has 0 unspecified atom stereocenters. The Labute approximate surface area is 382 Å². The van der Waals surface area contributed by atoms with E-state index in [1.54, 1.807) is 12.1 Å². The van der Waals surface area contributed by atoms with Crippen molar-refractivity contribution in [2.45, 2.75) is 88.2 Å². The molecule has 16 heteroatoms. The number of piperidine rings is 1. The number of nitro benzene ring substituents is 1. The number of hydrogen-bond donors (Lipinski definition) is 3. The molecule has 1 saturated carbocycles. The van der Waals surface area contributed by atoms with Crippen LogP contribution in [0.25, 0.3) is 11.0 Å². The molecule has 0 radical (unpaired) electrons. The number of aromatic nitrogens is 2. The molecule has 6 aromatic rings. The molecule has 1 amide bonds. The second kappa shape index (κ2) is 17.0. The molecule has 3 aliphatic heterocycles. The molecule has 4 aromatic carbocycles. The van der Waals surface area contributed by atoms with Crippen molar-refractivity contribution in [2.24, 2.45) is 5.41 Å². The molecule has 3 fully saturated rings. The van der Waals surface area contributed by atoms with Gasteiger partial charge in [-0.3, -0.25) is 19.8 Å². The summed E-state index contributed by atoms with van der Waals surface area (Å²) in [4.78, 5) is 37.2. The lowest BCUT2D eigenvalue weighted by atomic mass is 9.59. The number of aryl methyl sites for hydroxylation is 1. The summed E-state index contributed by atoms with van der Waals surface area (Å²) in [6.45, 7) is 9.27. The summed E-state index contributed by atoms with van der Waals surface area (Å²) in [5.74, 6) is -0.985. The van der Waals surface area contributed by atoms with E-state index in [9.17, 15) is 27.7 Å². The Balaban J connectivity index is 0.874. The molecule has 4 aliphatic rings. The SMILES string of the molecule is Cc1ccc([C@H]2COc3cc(S(=O)(=O)NC(=O)c4ccc(N5CCC6(CC5)CC(N5CCC[C@@H]5c5ccccc5C(C)C)C6)cc4Oc4cnc5[nH]cc(F)c5c4)cc([N+](=O)[O-])c3N2)cc1.